The predicted molar refractivity (Wildman–Crippen MR) is 122 cm³/mol. The molecule has 1 aliphatic rings. The minimum atomic E-state index is 0.884. The van der Waals surface area contributed by atoms with Crippen molar-refractivity contribution in [3.8, 4) is 22.5 Å². The van der Waals surface area contributed by atoms with Crippen molar-refractivity contribution < 1.29 is 0 Å². The number of likely N-dealkylation sites (N-methyl/N-ethyl adjacent to an activating group) is 1. The first-order chi connectivity index (χ1) is 15.3. The molecule has 4 aromatic heterocycles. The fraction of sp³-hybridized carbons (Fsp3) is 0.217. The molecule has 8 nitrogen and oxygen atoms in total. The fourth-order valence-electron chi connectivity index (χ4n) is 4.31. The van der Waals surface area contributed by atoms with Gasteiger partial charge in [0.1, 0.15) is 17.7 Å². The third kappa shape index (κ3) is 3.12. The van der Waals surface area contributed by atoms with E-state index in [1.165, 1.54) is 5.69 Å². The van der Waals surface area contributed by atoms with Crippen molar-refractivity contribution in [1.29, 1.82) is 0 Å². The van der Waals surface area contributed by atoms with Gasteiger partial charge in [-0.1, -0.05) is 6.07 Å². The van der Waals surface area contributed by atoms with Gasteiger partial charge < -0.3 is 14.8 Å². The number of pyridine rings is 1. The van der Waals surface area contributed by atoms with Crippen LogP contribution in [0.15, 0.2) is 55.2 Å². The number of piperazine rings is 1. The lowest BCUT2D eigenvalue weighted by Gasteiger charge is -2.34. The fourth-order valence-corrected chi connectivity index (χ4v) is 4.31. The van der Waals surface area contributed by atoms with Crippen molar-refractivity contribution in [1.82, 2.24) is 35.0 Å². The Bertz CT molecular complexity index is 1360. The van der Waals surface area contributed by atoms with Gasteiger partial charge in [0, 0.05) is 66.8 Å². The van der Waals surface area contributed by atoms with E-state index >= 15 is 0 Å². The molecule has 8 heteroatoms. The van der Waals surface area contributed by atoms with Crippen molar-refractivity contribution in [3.63, 3.8) is 0 Å². The zero-order valence-electron chi connectivity index (χ0n) is 17.2. The Kier molecular flexibility index (Phi) is 4.17. The molecule has 154 valence electrons. The Balaban J connectivity index is 1.44. The molecule has 6 rings (SSSR count). The molecule has 31 heavy (non-hydrogen) atoms. The third-order valence-electron chi connectivity index (χ3n) is 6.06. The van der Waals surface area contributed by atoms with Crippen LogP contribution in [0.1, 0.15) is 0 Å². The highest BCUT2D eigenvalue weighted by Gasteiger charge is 2.19. The average molecular weight is 410 g/mol. The number of aromatic amines is 2. The molecule has 1 aliphatic heterocycles. The molecule has 2 N–H and O–H groups in total. The highest BCUT2D eigenvalue weighted by molar-refractivity contribution is 5.99. The average Bonchev–Trinajstić information content (AvgIpc) is 3.43. The van der Waals surface area contributed by atoms with E-state index in [2.05, 4.69) is 71.2 Å². The number of hydrogen-bond acceptors (Lipinski definition) is 6. The Morgan fingerprint density at radius 2 is 1.74 bits per heavy atom. The summed E-state index contributed by atoms with van der Waals surface area (Å²) < 4.78 is 0. The van der Waals surface area contributed by atoms with Gasteiger partial charge in [0.25, 0.3) is 0 Å². The first-order valence-electron chi connectivity index (χ1n) is 10.4. The van der Waals surface area contributed by atoms with Gasteiger partial charge in [0.05, 0.1) is 11.2 Å². The Hall–Kier alpha value is -3.78. The van der Waals surface area contributed by atoms with Gasteiger partial charge >= 0.3 is 0 Å². The van der Waals surface area contributed by atoms with Crippen molar-refractivity contribution in [3.05, 3.63) is 55.2 Å². The molecule has 0 radical (unpaired) electrons. The molecule has 1 saturated heterocycles. The molecule has 0 aliphatic carbocycles. The number of anilines is 1. The summed E-state index contributed by atoms with van der Waals surface area (Å²) in [6, 6.07) is 10.5. The summed E-state index contributed by atoms with van der Waals surface area (Å²) in [6.07, 6.45) is 7.07. The minimum absolute atomic E-state index is 0.884. The predicted octanol–water partition coefficient (Wildman–Crippen LogP) is 3.32. The van der Waals surface area contributed by atoms with Crippen LogP contribution in [0.3, 0.4) is 0 Å². The summed E-state index contributed by atoms with van der Waals surface area (Å²) >= 11 is 0. The van der Waals surface area contributed by atoms with Crippen molar-refractivity contribution in [2.24, 2.45) is 0 Å². The molecule has 0 atom stereocenters. The van der Waals surface area contributed by atoms with Crippen LogP contribution in [0, 0.1) is 0 Å². The number of benzene rings is 1. The van der Waals surface area contributed by atoms with Gasteiger partial charge in [0.15, 0.2) is 0 Å². The normalized spacial score (nSPS) is 15.2. The molecule has 0 saturated carbocycles. The smallest absolute Gasteiger partial charge is 0.139 e. The molecule has 5 heterocycles. The van der Waals surface area contributed by atoms with Crippen LogP contribution >= 0.6 is 0 Å². The quantitative estimate of drug-likeness (QED) is 0.474. The molecule has 0 bridgehead atoms. The van der Waals surface area contributed by atoms with Gasteiger partial charge in [0.2, 0.25) is 0 Å². The van der Waals surface area contributed by atoms with E-state index < -0.39 is 0 Å². The maximum atomic E-state index is 4.61. The highest BCUT2D eigenvalue weighted by atomic mass is 15.2. The molecular weight excluding hydrogens is 388 g/mol. The van der Waals surface area contributed by atoms with Crippen molar-refractivity contribution in [2.45, 2.75) is 0 Å². The zero-order valence-corrected chi connectivity index (χ0v) is 17.2. The highest BCUT2D eigenvalue weighted by Crippen LogP contribution is 2.34. The van der Waals surface area contributed by atoms with Crippen LogP contribution in [-0.2, 0) is 0 Å². The van der Waals surface area contributed by atoms with Crippen LogP contribution in [-0.4, -0.2) is 68.3 Å². The lowest BCUT2D eigenvalue weighted by molar-refractivity contribution is 0.313. The maximum Gasteiger partial charge on any atom is 0.139 e. The first kappa shape index (κ1) is 18.0. The summed E-state index contributed by atoms with van der Waals surface area (Å²) in [7, 11) is 2.17. The Morgan fingerprint density at radius 1 is 0.903 bits per heavy atom. The van der Waals surface area contributed by atoms with Gasteiger partial charge in [-0.15, -0.1) is 0 Å². The lowest BCUT2D eigenvalue weighted by atomic mass is 10.0. The van der Waals surface area contributed by atoms with Crippen LogP contribution in [0.25, 0.3) is 44.5 Å². The van der Waals surface area contributed by atoms with Gasteiger partial charge in [-0.2, -0.15) is 5.10 Å². The molecule has 0 unspecified atom stereocenters. The number of hydrogen-bond donors (Lipinski definition) is 2. The van der Waals surface area contributed by atoms with Crippen LogP contribution < -0.4 is 4.90 Å². The second kappa shape index (κ2) is 7.17. The van der Waals surface area contributed by atoms with Crippen molar-refractivity contribution >= 4 is 27.6 Å². The zero-order chi connectivity index (χ0) is 20.8. The maximum absolute atomic E-state index is 4.61. The summed E-state index contributed by atoms with van der Waals surface area (Å²) in [5, 5.41) is 9.95. The number of nitrogens with zero attached hydrogens (tertiary/aromatic N) is 6. The Morgan fingerprint density at radius 3 is 2.58 bits per heavy atom. The third-order valence-corrected chi connectivity index (χ3v) is 6.06. The van der Waals surface area contributed by atoms with Crippen LogP contribution in [0.5, 0.6) is 0 Å². The van der Waals surface area contributed by atoms with Gasteiger partial charge in [-0.25, -0.2) is 15.0 Å². The van der Waals surface area contributed by atoms with E-state index in [1.54, 1.807) is 6.33 Å². The van der Waals surface area contributed by atoms with E-state index in [0.717, 1.165) is 70.6 Å². The van der Waals surface area contributed by atoms with E-state index in [9.17, 15) is 0 Å². The van der Waals surface area contributed by atoms with E-state index in [4.69, 9.17) is 0 Å². The first-order valence-corrected chi connectivity index (χ1v) is 10.4. The van der Waals surface area contributed by atoms with Gasteiger partial charge in [-0.3, -0.25) is 5.10 Å². The van der Waals surface area contributed by atoms with Crippen molar-refractivity contribution in [2.75, 3.05) is 38.1 Å². The summed E-state index contributed by atoms with van der Waals surface area (Å²) in [6.45, 7) is 4.17. The summed E-state index contributed by atoms with van der Waals surface area (Å²) in [5.41, 5.74) is 6.97. The number of rotatable bonds is 3. The van der Waals surface area contributed by atoms with Crippen LogP contribution in [0.2, 0.25) is 0 Å². The standard InChI is InChI=1S/C23H22N8/c1-30-6-8-31(9-7-30)21-4-5-26-23-18(21)11-20(27-23)22-17-10-15(2-3-19(17)28-29-22)16-12-24-14-25-13-16/h2-5,10-14H,6-9H2,1H3,(H,26,27)(H,28,29). The summed E-state index contributed by atoms with van der Waals surface area (Å²) in [4.78, 5) is 21.1. The second-order valence-corrected chi connectivity index (χ2v) is 8.03. The molecule has 0 spiro atoms. The van der Waals surface area contributed by atoms with E-state index in [-0.39, 0.29) is 0 Å². The molecular formula is C23H22N8. The molecule has 0 amide bonds. The van der Waals surface area contributed by atoms with Crippen LogP contribution in [0.4, 0.5) is 5.69 Å². The Labute approximate surface area is 179 Å². The minimum Gasteiger partial charge on any atom is -0.368 e. The van der Waals surface area contributed by atoms with E-state index in [0.29, 0.717) is 0 Å². The SMILES string of the molecule is CN1CCN(c2ccnc3[nH]c(-c4n[nH]c5ccc(-c6cncnc6)cc45)cc23)CC1. The lowest BCUT2D eigenvalue weighted by Crippen LogP contribution is -2.44. The number of H-pyrrole nitrogens is 2. The largest absolute Gasteiger partial charge is 0.368 e. The second-order valence-electron chi connectivity index (χ2n) is 8.03. The molecule has 1 aromatic carbocycles. The number of aromatic nitrogens is 6. The molecule has 5 aromatic rings. The molecule has 1 fully saturated rings. The number of fused-ring (bicyclic) bond motifs is 2. The monoisotopic (exact) mass is 410 g/mol. The summed E-state index contributed by atoms with van der Waals surface area (Å²) in [5.74, 6) is 0. The number of nitrogens with one attached hydrogen (secondary N) is 2. The van der Waals surface area contributed by atoms with Gasteiger partial charge in [-0.05, 0) is 36.9 Å². The van der Waals surface area contributed by atoms with E-state index in [1.807, 2.05) is 24.7 Å². The topological polar surface area (TPSA) is 89.6 Å².